The minimum absolute atomic E-state index is 0.0245. The molecule has 0 spiro atoms. The van der Waals surface area contributed by atoms with Gasteiger partial charge in [0.1, 0.15) is 5.82 Å². The van der Waals surface area contributed by atoms with Crippen LogP contribution in [-0.2, 0) is 25.4 Å². The summed E-state index contributed by atoms with van der Waals surface area (Å²) in [5.41, 5.74) is 2.73. The Morgan fingerprint density at radius 3 is 2.47 bits per heavy atom. The number of aromatic nitrogens is 1. The third-order valence-corrected chi connectivity index (χ3v) is 8.06. The number of hydrogen-bond donors (Lipinski definition) is 1. The molecule has 1 amide bonds. The van der Waals surface area contributed by atoms with Gasteiger partial charge in [-0.05, 0) is 90.9 Å². The van der Waals surface area contributed by atoms with E-state index in [2.05, 4.69) is 51.8 Å². The number of nitrogens with zero attached hydrogens (tertiary/aromatic N) is 2. The molecule has 2 fully saturated rings. The molecule has 1 aliphatic carbocycles. The lowest BCUT2D eigenvalue weighted by molar-refractivity contribution is -0.124. The molecule has 2 aliphatic heterocycles. The van der Waals surface area contributed by atoms with Crippen LogP contribution in [0.2, 0.25) is 0 Å². The topological polar surface area (TPSA) is 72.9 Å². The van der Waals surface area contributed by atoms with Crippen molar-refractivity contribution in [1.82, 2.24) is 4.98 Å². The molecule has 3 heterocycles. The van der Waals surface area contributed by atoms with Crippen LogP contribution in [0.4, 0.5) is 17.2 Å². The lowest BCUT2D eigenvalue weighted by atomic mass is 9.78. The van der Waals surface area contributed by atoms with E-state index >= 15 is 0 Å². The average molecular weight is 491 g/mol. The number of ether oxygens (including phenoxy) is 1. The first-order chi connectivity index (χ1) is 17.0. The molecule has 192 valence electrons. The molecule has 2 aromatic rings. The molecular formula is C28H38BN3O4. The van der Waals surface area contributed by atoms with Crippen molar-refractivity contribution < 1.29 is 18.8 Å². The van der Waals surface area contributed by atoms with Crippen LogP contribution >= 0.6 is 0 Å². The first-order valence-corrected chi connectivity index (χ1v) is 13.2. The Balaban J connectivity index is 1.46. The Morgan fingerprint density at radius 2 is 1.81 bits per heavy atom. The second kappa shape index (κ2) is 9.47. The van der Waals surface area contributed by atoms with Gasteiger partial charge in [-0.2, -0.15) is 0 Å². The van der Waals surface area contributed by atoms with E-state index in [1.807, 2.05) is 35.2 Å². The molecule has 1 aromatic heterocycles. The summed E-state index contributed by atoms with van der Waals surface area (Å²) in [6.07, 6.45) is 5.74. The molecule has 5 rings (SSSR count). The molecule has 0 bridgehead atoms. The Morgan fingerprint density at radius 1 is 1.11 bits per heavy atom. The summed E-state index contributed by atoms with van der Waals surface area (Å²) in [4.78, 5) is 20.5. The number of amides is 1. The van der Waals surface area contributed by atoms with Crippen molar-refractivity contribution in [1.29, 1.82) is 0 Å². The summed E-state index contributed by atoms with van der Waals surface area (Å²) in [6, 6.07) is 10.0. The lowest BCUT2D eigenvalue weighted by Crippen LogP contribution is -2.41. The van der Waals surface area contributed by atoms with E-state index < -0.39 is 18.3 Å². The average Bonchev–Trinajstić information content (AvgIpc) is 2.95. The maximum Gasteiger partial charge on any atom is 0.494 e. The van der Waals surface area contributed by atoms with Gasteiger partial charge in [-0.1, -0.05) is 12.1 Å². The minimum Gasteiger partial charge on any atom is -0.399 e. The summed E-state index contributed by atoms with van der Waals surface area (Å²) in [5, 5.41) is 3.46. The molecule has 1 saturated heterocycles. The first kappa shape index (κ1) is 25.2. The third kappa shape index (κ3) is 4.78. The molecular weight excluding hydrogens is 453 g/mol. The largest absolute Gasteiger partial charge is 0.494 e. The van der Waals surface area contributed by atoms with Crippen LogP contribution in [0.15, 0.2) is 36.5 Å². The van der Waals surface area contributed by atoms with Crippen LogP contribution in [0, 0.1) is 5.92 Å². The van der Waals surface area contributed by atoms with E-state index in [0.29, 0.717) is 6.54 Å². The van der Waals surface area contributed by atoms with E-state index in [1.165, 1.54) is 0 Å². The van der Waals surface area contributed by atoms with Crippen molar-refractivity contribution in [3.05, 3.63) is 42.1 Å². The number of hydrogen-bond acceptors (Lipinski definition) is 6. The second-order valence-corrected chi connectivity index (χ2v) is 11.6. The molecule has 7 nitrogen and oxygen atoms in total. The fraction of sp³-hybridized carbons (Fsp3) is 0.571. The van der Waals surface area contributed by atoms with E-state index in [0.717, 1.165) is 53.9 Å². The van der Waals surface area contributed by atoms with Gasteiger partial charge in [-0.3, -0.25) is 4.79 Å². The van der Waals surface area contributed by atoms with Gasteiger partial charge in [0, 0.05) is 17.7 Å². The van der Waals surface area contributed by atoms with E-state index in [9.17, 15) is 4.79 Å². The fourth-order valence-corrected chi connectivity index (χ4v) is 5.31. The predicted molar refractivity (Wildman–Crippen MR) is 143 cm³/mol. The van der Waals surface area contributed by atoms with Crippen molar-refractivity contribution in [3.8, 4) is 0 Å². The first-order valence-electron chi connectivity index (χ1n) is 13.2. The molecule has 1 aromatic carbocycles. The van der Waals surface area contributed by atoms with Gasteiger partial charge < -0.3 is 24.3 Å². The van der Waals surface area contributed by atoms with E-state index in [4.69, 9.17) is 14.0 Å². The highest BCUT2D eigenvalue weighted by atomic mass is 16.7. The molecule has 3 aliphatic rings. The van der Waals surface area contributed by atoms with Gasteiger partial charge in [0.15, 0.2) is 0 Å². The van der Waals surface area contributed by atoms with Gasteiger partial charge in [-0.15, -0.1) is 0 Å². The van der Waals surface area contributed by atoms with Crippen molar-refractivity contribution in [2.75, 3.05) is 10.2 Å². The predicted octanol–water partition coefficient (Wildman–Crippen LogP) is 4.95. The zero-order chi connectivity index (χ0) is 25.7. The van der Waals surface area contributed by atoms with Crippen molar-refractivity contribution >= 4 is 35.7 Å². The Bertz CT molecular complexity index is 1110. The number of anilines is 3. The molecule has 8 heteroatoms. The van der Waals surface area contributed by atoms with Crippen LogP contribution in [0.25, 0.3) is 0 Å². The zero-order valence-electron chi connectivity index (χ0n) is 22.3. The van der Waals surface area contributed by atoms with E-state index in [-0.39, 0.29) is 24.0 Å². The van der Waals surface area contributed by atoms with Crippen LogP contribution in [0.5, 0.6) is 0 Å². The van der Waals surface area contributed by atoms with Crippen LogP contribution in [0.1, 0.15) is 72.8 Å². The van der Waals surface area contributed by atoms with Crippen LogP contribution < -0.4 is 15.7 Å². The number of rotatable bonds is 4. The maximum absolute atomic E-state index is 14.0. The normalized spacial score (nSPS) is 24.6. The fourth-order valence-electron chi connectivity index (χ4n) is 5.31. The van der Waals surface area contributed by atoms with Crippen molar-refractivity contribution in [2.24, 2.45) is 5.92 Å². The SMILES string of the molecule is CC(C)OC1CCC(C(=O)N2Cc3cccnc3Nc3ccc(B4OC(C)(C)C(C)(C)O4)cc32)CC1. The molecule has 36 heavy (non-hydrogen) atoms. The smallest absolute Gasteiger partial charge is 0.399 e. The Hall–Kier alpha value is -2.42. The van der Waals surface area contributed by atoms with Gasteiger partial charge in [0.2, 0.25) is 5.91 Å². The molecule has 0 unspecified atom stereocenters. The Kier molecular flexibility index (Phi) is 6.64. The summed E-state index contributed by atoms with van der Waals surface area (Å²) in [7, 11) is -0.496. The number of nitrogens with one attached hydrogen (secondary N) is 1. The molecule has 0 atom stereocenters. The monoisotopic (exact) mass is 491 g/mol. The van der Waals surface area contributed by atoms with Crippen molar-refractivity contribution in [2.45, 2.75) is 97.2 Å². The van der Waals surface area contributed by atoms with Crippen molar-refractivity contribution in [3.63, 3.8) is 0 Å². The molecule has 0 radical (unpaired) electrons. The summed E-state index contributed by atoms with van der Waals surface area (Å²) >= 11 is 0. The van der Waals surface area contributed by atoms with E-state index in [1.54, 1.807) is 6.20 Å². The second-order valence-electron chi connectivity index (χ2n) is 11.6. The highest BCUT2D eigenvalue weighted by molar-refractivity contribution is 6.62. The Labute approximate surface area is 215 Å². The zero-order valence-corrected chi connectivity index (χ0v) is 22.3. The summed E-state index contributed by atoms with van der Waals surface area (Å²) in [6.45, 7) is 12.8. The van der Waals surface area contributed by atoms with Gasteiger partial charge in [0.25, 0.3) is 0 Å². The number of pyridine rings is 1. The molecule has 1 N–H and O–H groups in total. The van der Waals surface area contributed by atoms with Crippen LogP contribution in [-0.4, -0.2) is 41.4 Å². The highest BCUT2D eigenvalue weighted by Crippen LogP contribution is 2.40. The minimum atomic E-state index is -0.496. The number of fused-ring (bicyclic) bond motifs is 2. The summed E-state index contributed by atoms with van der Waals surface area (Å²) in [5.74, 6) is 0.916. The molecule has 1 saturated carbocycles. The highest BCUT2D eigenvalue weighted by Gasteiger charge is 2.52. The van der Waals surface area contributed by atoms with Gasteiger partial charge >= 0.3 is 7.12 Å². The lowest BCUT2D eigenvalue weighted by Gasteiger charge is -2.33. The standard InChI is InChI=1S/C28H38BN3O4/c1-18(2)34-22-12-9-19(10-13-22)26(33)32-17-20-8-7-15-30-25(20)31-23-14-11-21(16-24(23)32)29-35-27(3,4)28(5,6)36-29/h7-8,11,14-16,18-19,22H,9-10,12-13,17H2,1-6H3,(H,30,31). The summed E-state index contributed by atoms with van der Waals surface area (Å²) < 4.78 is 18.7. The third-order valence-electron chi connectivity index (χ3n) is 8.06. The van der Waals surface area contributed by atoms with Gasteiger partial charge in [0.05, 0.1) is 41.3 Å². The van der Waals surface area contributed by atoms with Gasteiger partial charge in [-0.25, -0.2) is 4.98 Å². The number of carbonyl (C=O) groups is 1. The number of benzene rings is 1. The maximum atomic E-state index is 14.0. The quantitative estimate of drug-likeness (QED) is 0.610. The van der Waals surface area contributed by atoms with Crippen LogP contribution in [0.3, 0.4) is 0 Å². The number of carbonyl (C=O) groups excluding carboxylic acids is 1.